The fraction of sp³-hybridized carbons (Fsp3) is 0.611. The zero-order chi connectivity index (χ0) is 17.9. The van der Waals surface area contributed by atoms with Crippen molar-refractivity contribution in [1.29, 1.82) is 0 Å². The van der Waals surface area contributed by atoms with Crippen molar-refractivity contribution in [3.63, 3.8) is 0 Å². The molecule has 138 valence electrons. The van der Waals surface area contributed by atoms with E-state index in [1.165, 1.54) is 25.0 Å². The van der Waals surface area contributed by atoms with Crippen LogP contribution in [0.15, 0.2) is 29.2 Å². The number of hydrogen-bond donors (Lipinski definition) is 3. The Morgan fingerprint density at radius 1 is 1.12 bits per heavy atom. The molecule has 0 heterocycles. The average Bonchev–Trinajstić information content (AvgIpc) is 3.20. The van der Waals surface area contributed by atoms with E-state index in [0.29, 0.717) is 5.69 Å². The molecule has 0 aliphatic heterocycles. The maximum absolute atomic E-state index is 12.4. The fourth-order valence-corrected chi connectivity index (χ4v) is 4.66. The number of rotatable bonds is 7. The summed E-state index contributed by atoms with van der Waals surface area (Å²) < 4.78 is 27.5. The lowest BCUT2D eigenvalue weighted by molar-refractivity contribution is 0.248. The molecule has 2 amide bonds. The summed E-state index contributed by atoms with van der Waals surface area (Å²) in [6.45, 7) is 2.00. The van der Waals surface area contributed by atoms with Gasteiger partial charge in [0.25, 0.3) is 0 Å². The van der Waals surface area contributed by atoms with Gasteiger partial charge in [0.2, 0.25) is 10.0 Å². The standard InChI is InChI=1S/C18H27N3O3S/c1-13(12-14-6-7-14)19-18(22)20-15-8-10-17(11-9-15)25(23,24)21-16-4-2-3-5-16/h8-11,13-14,16,21H,2-7,12H2,1H3,(H2,19,20,22)/t13-/m0/s1. The highest BCUT2D eigenvalue weighted by atomic mass is 32.2. The minimum atomic E-state index is -3.49. The van der Waals surface area contributed by atoms with Crippen molar-refractivity contribution in [2.45, 2.75) is 68.8 Å². The summed E-state index contributed by atoms with van der Waals surface area (Å²) in [5.41, 5.74) is 0.580. The molecule has 0 saturated heterocycles. The molecule has 0 unspecified atom stereocenters. The predicted octanol–water partition coefficient (Wildman–Crippen LogP) is 3.22. The third-order valence-corrected chi connectivity index (χ3v) is 6.40. The van der Waals surface area contributed by atoms with Gasteiger partial charge in [-0.3, -0.25) is 0 Å². The van der Waals surface area contributed by atoms with Crippen LogP contribution < -0.4 is 15.4 Å². The molecule has 0 aromatic heterocycles. The van der Waals surface area contributed by atoms with Crippen LogP contribution in [0.2, 0.25) is 0 Å². The monoisotopic (exact) mass is 365 g/mol. The van der Waals surface area contributed by atoms with Crippen LogP contribution in [-0.4, -0.2) is 26.5 Å². The number of amides is 2. The van der Waals surface area contributed by atoms with Crippen LogP contribution in [0.3, 0.4) is 0 Å². The van der Waals surface area contributed by atoms with Crippen molar-refractivity contribution < 1.29 is 13.2 Å². The first-order valence-corrected chi connectivity index (χ1v) is 10.6. The number of hydrogen-bond acceptors (Lipinski definition) is 3. The fourth-order valence-electron chi connectivity index (χ4n) is 3.35. The second-order valence-electron chi connectivity index (χ2n) is 7.31. The van der Waals surface area contributed by atoms with Crippen molar-refractivity contribution in [1.82, 2.24) is 10.0 Å². The second kappa shape index (κ2) is 7.74. The number of urea groups is 1. The number of benzene rings is 1. The molecule has 6 nitrogen and oxygen atoms in total. The van der Waals surface area contributed by atoms with E-state index in [4.69, 9.17) is 0 Å². The second-order valence-corrected chi connectivity index (χ2v) is 9.02. The van der Waals surface area contributed by atoms with Crippen molar-refractivity contribution in [2.24, 2.45) is 5.92 Å². The molecule has 1 aromatic carbocycles. The summed E-state index contributed by atoms with van der Waals surface area (Å²) in [7, 11) is -3.49. The summed E-state index contributed by atoms with van der Waals surface area (Å²) in [5, 5.41) is 5.67. The number of sulfonamides is 1. The molecule has 0 spiro atoms. The lowest BCUT2D eigenvalue weighted by Gasteiger charge is -2.15. The smallest absolute Gasteiger partial charge is 0.319 e. The number of carbonyl (C=O) groups is 1. The van der Waals surface area contributed by atoms with Crippen molar-refractivity contribution in [3.05, 3.63) is 24.3 Å². The van der Waals surface area contributed by atoms with Gasteiger partial charge in [0, 0.05) is 17.8 Å². The molecule has 2 aliphatic rings. The Balaban J connectivity index is 1.53. The van der Waals surface area contributed by atoms with Gasteiger partial charge in [-0.25, -0.2) is 17.9 Å². The maximum atomic E-state index is 12.4. The van der Waals surface area contributed by atoms with Gasteiger partial charge in [-0.2, -0.15) is 0 Å². The van der Waals surface area contributed by atoms with Gasteiger partial charge < -0.3 is 10.6 Å². The summed E-state index contributed by atoms with van der Waals surface area (Å²) in [4.78, 5) is 12.2. The minimum Gasteiger partial charge on any atom is -0.335 e. The van der Waals surface area contributed by atoms with Crippen LogP contribution in [0.5, 0.6) is 0 Å². The summed E-state index contributed by atoms with van der Waals surface area (Å²) in [5.74, 6) is 0.757. The van der Waals surface area contributed by atoms with Crippen LogP contribution in [0.1, 0.15) is 51.9 Å². The Kier molecular flexibility index (Phi) is 5.64. The first kappa shape index (κ1) is 18.2. The molecule has 0 bridgehead atoms. The van der Waals surface area contributed by atoms with E-state index in [-0.39, 0.29) is 23.0 Å². The van der Waals surface area contributed by atoms with E-state index in [9.17, 15) is 13.2 Å². The summed E-state index contributed by atoms with van der Waals surface area (Å²) >= 11 is 0. The molecule has 2 aliphatic carbocycles. The van der Waals surface area contributed by atoms with E-state index >= 15 is 0 Å². The van der Waals surface area contributed by atoms with E-state index in [1.54, 1.807) is 12.1 Å². The number of anilines is 1. The summed E-state index contributed by atoms with van der Waals surface area (Å²) in [6.07, 6.45) is 7.49. The van der Waals surface area contributed by atoms with Gasteiger partial charge in [0.05, 0.1) is 4.90 Å². The lowest BCUT2D eigenvalue weighted by atomic mass is 10.2. The van der Waals surface area contributed by atoms with Crippen molar-refractivity contribution >= 4 is 21.7 Å². The van der Waals surface area contributed by atoms with E-state index in [0.717, 1.165) is 38.0 Å². The molecule has 25 heavy (non-hydrogen) atoms. The highest BCUT2D eigenvalue weighted by molar-refractivity contribution is 7.89. The zero-order valence-corrected chi connectivity index (χ0v) is 15.4. The predicted molar refractivity (Wildman–Crippen MR) is 98.0 cm³/mol. The van der Waals surface area contributed by atoms with E-state index < -0.39 is 10.0 Å². The molecule has 1 aromatic rings. The SMILES string of the molecule is C[C@@H](CC1CC1)NC(=O)Nc1ccc(S(=O)(=O)NC2CCCC2)cc1. The highest BCUT2D eigenvalue weighted by Crippen LogP contribution is 2.33. The summed E-state index contributed by atoms with van der Waals surface area (Å²) in [6, 6.07) is 6.22. The van der Waals surface area contributed by atoms with Gasteiger partial charge in [0.1, 0.15) is 0 Å². The van der Waals surface area contributed by atoms with Crippen molar-refractivity contribution in [2.75, 3.05) is 5.32 Å². The first-order valence-electron chi connectivity index (χ1n) is 9.12. The Morgan fingerprint density at radius 3 is 2.36 bits per heavy atom. The number of nitrogens with one attached hydrogen (secondary N) is 3. The third-order valence-electron chi connectivity index (χ3n) is 4.86. The Labute approximate surface area is 149 Å². The molecule has 3 rings (SSSR count). The van der Waals surface area contributed by atoms with E-state index in [1.807, 2.05) is 6.92 Å². The van der Waals surface area contributed by atoms with Crippen LogP contribution in [0, 0.1) is 5.92 Å². The quantitative estimate of drug-likeness (QED) is 0.693. The molecule has 2 fully saturated rings. The van der Waals surface area contributed by atoms with Crippen LogP contribution >= 0.6 is 0 Å². The Hall–Kier alpha value is -1.60. The zero-order valence-electron chi connectivity index (χ0n) is 14.6. The minimum absolute atomic E-state index is 0.0431. The van der Waals surface area contributed by atoms with Gasteiger partial charge in [-0.1, -0.05) is 25.7 Å². The third kappa shape index (κ3) is 5.44. The lowest BCUT2D eigenvalue weighted by Crippen LogP contribution is -2.36. The molecule has 0 radical (unpaired) electrons. The van der Waals surface area contributed by atoms with Gasteiger partial charge >= 0.3 is 6.03 Å². The Bertz CT molecular complexity index is 693. The molecular weight excluding hydrogens is 338 g/mol. The van der Waals surface area contributed by atoms with E-state index in [2.05, 4.69) is 15.4 Å². The van der Waals surface area contributed by atoms with Gasteiger partial charge in [0.15, 0.2) is 0 Å². The molecular formula is C18H27N3O3S. The molecule has 2 saturated carbocycles. The largest absolute Gasteiger partial charge is 0.335 e. The normalized spacial score (nSPS) is 19.6. The van der Waals surface area contributed by atoms with Crippen LogP contribution in [-0.2, 0) is 10.0 Å². The molecule has 3 N–H and O–H groups in total. The maximum Gasteiger partial charge on any atom is 0.319 e. The topological polar surface area (TPSA) is 87.3 Å². The molecule has 1 atom stereocenters. The molecule has 7 heteroatoms. The van der Waals surface area contributed by atoms with Crippen LogP contribution in [0.25, 0.3) is 0 Å². The van der Waals surface area contributed by atoms with Crippen molar-refractivity contribution in [3.8, 4) is 0 Å². The van der Waals surface area contributed by atoms with Gasteiger partial charge in [-0.05, 0) is 56.4 Å². The average molecular weight is 365 g/mol. The van der Waals surface area contributed by atoms with Gasteiger partial charge in [-0.15, -0.1) is 0 Å². The highest BCUT2D eigenvalue weighted by Gasteiger charge is 2.24. The first-order chi connectivity index (χ1) is 11.9. The van der Waals surface area contributed by atoms with Crippen LogP contribution in [0.4, 0.5) is 10.5 Å². The number of carbonyl (C=O) groups excluding carboxylic acids is 1. The Morgan fingerprint density at radius 2 is 1.76 bits per heavy atom.